The second-order valence-electron chi connectivity index (χ2n) is 4.77. The highest BCUT2D eigenvalue weighted by atomic mass is 32.1. The van der Waals surface area contributed by atoms with E-state index in [2.05, 4.69) is 22.8 Å². The number of hydrogen-bond donors (Lipinski definition) is 1. The van der Waals surface area contributed by atoms with Crippen LogP contribution in [-0.4, -0.2) is 14.2 Å². The number of ether oxygens (including phenoxy) is 1. The number of thiophene rings is 1. The molecule has 3 rings (SSSR count). The minimum Gasteiger partial charge on any atom is -0.494 e. The van der Waals surface area contributed by atoms with Crippen molar-refractivity contribution in [1.82, 2.24) is 5.32 Å². The Morgan fingerprint density at radius 2 is 1.90 bits per heavy atom. The molecular formula is C17H16FNOS. The maximum Gasteiger partial charge on any atom is 0.170 e. The van der Waals surface area contributed by atoms with Crippen molar-refractivity contribution in [3.05, 3.63) is 64.8 Å². The van der Waals surface area contributed by atoms with E-state index in [0.29, 0.717) is 5.56 Å². The van der Waals surface area contributed by atoms with E-state index in [9.17, 15) is 4.39 Å². The van der Waals surface area contributed by atoms with Crippen LogP contribution in [-0.2, 0) is 0 Å². The highest BCUT2D eigenvalue weighted by molar-refractivity contribution is 7.17. The molecule has 1 aromatic heterocycles. The molecule has 0 aliphatic heterocycles. The predicted octanol–water partition coefficient (Wildman–Crippen LogP) is 4.36. The molecule has 1 N–H and O–H groups in total. The molecule has 1 unspecified atom stereocenters. The number of benzene rings is 2. The molecule has 3 aromatic rings. The molecule has 0 saturated carbocycles. The summed E-state index contributed by atoms with van der Waals surface area (Å²) < 4.78 is 20.8. The summed E-state index contributed by atoms with van der Waals surface area (Å²) in [6.07, 6.45) is 0. The second-order valence-corrected chi connectivity index (χ2v) is 5.68. The zero-order chi connectivity index (χ0) is 14.8. The summed E-state index contributed by atoms with van der Waals surface area (Å²) in [5.74, 6) is -0.0399. The van der Waals surface area contributed by atoms with E-state index in [4.69, 9.17) is 4.74 Å². The minimum absolute atomic E-state index is 0.198. The van der Waals surface area contributed by atoms with Gasteiger partial charge in [0.1, 0.15) is 0 Å². The smallest absolute Gasteiger partial charge is 0.170 e. The van der Waals surface area contributed by atoms with Gasteiger partial charge in [-0.05, 0) is 35.5 Å². The number of halogens is 1. The Hall–Kier alpha value is -1.91. The molecule has 1 heterocycles. The Morgan fingerprint density at radius 3 is 2.67 bits per heavy atom. The molecule has 21 heavy (non-hydrogen) atoms. The third kappa shape index (κ3) is 2.41. The van der Waals surface area contributed by atoms with E-state index in [0.717, 1.165) is 10.9 Å². The van der Waals surface area contributed by atoms with E-state index in [1.165, 1.54) is 11.8 Å². The Balaban J connectivity index is 2.15. The predicted molar refractivity (Wildman–Crippen MR) is 85.7 cm³/mol. The number of nitrogens with one attached hydrogen (secondary N) is 1. The third-order valence-corrected chi connectivity index (χ3v) is 4.62. The van der Waals surface area contributed by atoms with Crippen molar-refractivity contribution in [2.24, 2.45) is 0 Å². The van der Waals surface area contributed by atoms with Gasteiger partial charge in [-0.1, -0.05) is 30.3 Å². The van der Waals surface area contributed by atoms with Gasteiger partial charge in [0.25, 0.3) is 0 Å². The number of rotatable bonds is 4. The maximum absolute atomic E-state index is 14.5. The van der Waals surface area contributed by atoms with E-state index >= 15 is 0 Å². The fourth-order valence-corrected chi connectivity index (χ4v) is 3.60. The summed E-state index contributed by atoms with van der Waals surface area (Å²) in [6.45, 7) is 0. The number of hydrogen-bond acceptors (Lipinski definition) is 3. The standard InChI is InChI=1S/C17H16FNOS/c1-19-17(12-7-5-8-14(20-2)16(12)18)13-10-21-15-9-4-3-6-11(13)15/h3-10,17,19H,1-2H3. The fraction of sp³-hybridized carbons (Fsp3) is 0.176. The van der Waals surface area contributed by atoms with Crippen LogP contribution in [0.4, 0.5) is 4.39 Å². The molecule has 0 radical (unpaired) electrons. The molecule has 0 aliphatic carbocycles. The van der Waals surface area contributed by atoms with Crippen molar-refractivity contribution < 1.29 is 9.13 Å². The normalized spacial score (nSPS) is 12.5. The van der Waals surface area contributed by atoms with Gasteiger partial charge in [-0.3, -0.25) is 0 Å². The molecule has 1 atom stereocenters. The van der Waals surface area contributed by atoms with Crippen LogP contribution in [0.5, 0.6) is 5.75 Å². The first-order chi connectivity index (χ1) is 10.3. The SMILES string of the molecule is CNC(c1cccc(OC)c1F)c1csc2ccccc12. The van der Waals surface area contributed by atoms with E-state index in [-0.39, 0.29) is 17.6 Å². The first kappa shape index (κ1) is 14.0. The van der Waals surface area contributed by atoms with Crippen LogP contribution in [0.1, 0.15) is 17.2 Å². The largest absolute Gasteiger partial charge is 0.494 e. The highest BCUT2D eigenvalue weighted by Gasteiger charge is 2.21. The molecular weight excluding hydrogens is 285 g/mol. The molecule has 0 fully saturated rings. The van der Waals surface area contributed by atoms with Gasteiger partial charge in [0.05, 0.1) is 13.2 Å². The average Bonchev–Trinajstić information content (AvgIpc) is 2.94. The lowest BCUT2D eigenvalue weighted by Gasteiger charge is -2.18. The molecule has 0 amide bonds. The molecule has 2 aromatic carbocycles. The monoisotopic (exact) mass is 301 g/mol. The molecule has 4 heteroatoms. The summed E-state index contributed by atoms with van der Waals surface area (Å²) in [5.41, 5.74) is 1.69. The first-order valence-electron chi connectivity index (χ1n) is 6.72. The van der Waals surface area contributed by atoms with Gasteiger partial charge in [0.15, 0.2) is 11.6 Å². The van der Waals surface area contributed by atoms with Crippen molar-refractivity contribution >= 4 is 21.4 Å². The molecule has 0 bridgehead atoms. The lowest BCUT2D eigenvalue weighted by molar-refractivity contribution is 0.382. The topological polar surface area (TPSA) is 21.3 Å². The van der Waals surface area contributed by atoms with Gasteiger partial charge in [-0.15, -0.1) is 11.3 Å². The quantitative estimate of drug-likeness (QED) is 0.773. The first-order valence-corrected chi connectivity index (χ1v) is 7.60. The van der Waals surface area contributed by atoms with Crippen LogP contribution in [0.25, 0.3) is 10.1 Å². The molecule has 0 spiro atoms. The lowest BCUT2D eigenvalue weighted by Crippen LogP contribution is -2.18. The van der Waals surface area contributed by atoms with Gasteiger partial charge >= 0.3 is 0 Å². The van der Waals surface area contributed by atoms with Gasteiger partial charge in [0, 0.05) is 10.3 Å². The summed E-state index contributed by atoms with van der Waals surface area (Å²) in [4.78, 5) is 0. The van der Waals surface area contributed by atoms with Crippen molar-refractivity contribution in [2.75, 3.05) is 14.2 Å². The van der Waals surface area contributed by atoms with Crippen LogP contribution in [0, 0.1) is 5.82 Å². The van der Waals surface area contributed by atoms with Gasteiger partial charge in [-0.2, -0.15) is 0 Å². The fourth-order valence-electron chi connectivity index (χ4n) is 2.61. The van der Waals surface area contributed by atoms with E-state index < -0.39 is 0 Å². The van der Waals surface area contributed by atoms with Gasteiger partial charge in [-0.25, -0.2) is 4.39 Å². The van der Waals surface area contributed by atoms with Gasteiger partial charge in [0.2, 0.25) is 0 Å². The summed E-state index contributed by atoms with van der Waals surface area (Å²) in [7, 11) is 3.33. The van der Waals surface area contributed by atoms with Crippen molar-refractivity contribution in [1.29, 1.82) is 0 Å². The highest BCUT2D eigenvalue weighted by Crippen LogP contribution is 2.35. The zero-order valence-electron chi connectivity index (χ0n) is 11.9. The third-order valence-electron chi connectivity index (χ3n) is 3.63. The van der Waals surface area contributed by atoms with Gasteiger partial charge < -0.3 is 10.1 Å². The lowest BCUT2D eigenvalue weighted by atomic mass is 9.97. The average molecular weight is 301 g/mol. The van der Waals surface area contributed by atoms with Crippen molar-refractivity contribution in [3.8, 4) is 5.75 Å². The number of methoxy groups -OCH3 is 1. The second kappa shape index (κ2) is 5.84. The maximum atomic E-state index is 14.5. The van der Waals surface area contributed by atoms with Crippen LogP contribution < -0.4 is 10.1 Å². The number of fused-ring (bicyclic) bond motifs is 1. The van der Waals surface area contributed by atoms with E-state index in [1.54, 1.807) is 23.5 Å². The van der Waals surface area contributed by atoms with Crippen LogP contribution in [0.2, 0.25) is 0 Å². The van der Waals surface area contributed by atoms with Crippen LogP contribution in [0.15, 0.2) is 47.8 Å². The Kier molecular flexibility index (Phi) is 3.90. The Labute approximate surface area is 127 Å². The van der Waals surface area contributed by atoms with Crippen LogP contribution >= 0.6 is 11.3 Å². The van der Waals surface area contributed by atoms with Crippen molar-refractivity contribution in [2.45, 2.75) is 6.04 Å². The van der Waals surface area contributed by atoms with E-state index in [1.807, 2.05) is 25.2 Å². The summed E-state index contributed by atoms with van der Waals surface area (Å²) >= 11 is 1.67. The molecule has 108 valence electrons. The molecule has 0 saturated heterocycles. The Bertz CT molecular complexity index is 768. The summed E-state index contributed by atoms with van der Waals surface area (Å²) in [6, 6.07) is 13.2. The minimum atomic E-state index is -0.311. The van der Waals surface area contributed by atoms with Crippen molar-refractivity contribution in [3.63, 3.8) is 0 Å². The summed E-state index contributed by atoms with van der Waals surface area (Å²) in [5, 5.41) is 6.46. The Morgan fingerprint density at radius 1 is 1.10 bits per heavy atom. The molecule has 2 nitrogen and oxygen atoms in total. The van der Waals surface area contributed by atoms with Crippen LogP contribution in [0.3, 0.4) is 0 Å². The molecule has 0 aliphatic rings. The zero-order valence-corrected chi connectivity index (χ0v) is 12.7.